The monoisotopic (exact) mass is 280 g/mol. The van der Waals surface area contributed by atoms with Crippen LogP contribution in [0.2, 0.25) is 0 Å². The van der Waals surface area contributed by atoms with Gasteiger partial charge in [-0.25, -0.2) is 0 Å². The Morgan fingerprint density at radius 3 is 2.70 bits per heavy atom. The molecule has 1 heterocycles. The van der Waals surface area contributed by atoms with Crippen LogP contribution in [0.1, 0.15) is 6.42 Å². The summed E-state index contributed by atoms with van der Waals surface area (Å²) in [5.41, 5.74) is 0. The molecule has 0 saturated carbocycles. The maximum absolute atomic E-state index is 10.0. The molecule has 2 N–H and O–H groups in total. The van der Waals surface area contributed by atoms with E-state index in [0.717, 1.165) is 44.1 Å². The molecule has 1 aromatic carbocycles. The van der Waals surface area contributed by atoms with Crippen molar-refractivity contribution in [2.45, 2.75) is 12.5 Å². The van der Waals surface area contributed by atoms with Crippen LogP contribution in [0.25, 0.3) is 0 Å². The number of hydrogen-bond donors (Lipinski definition) is 2. The lowest BCUT2D eigenvalue weighted by molar-refractivity contribution is 0.0703. The predicted octanol–water partition coefficient (Wildman–Crippen LogP) is 0.730. The highest BCUT2D eigenvalue weighted by Gasteiger charge is 2.14. The number of β-amino-alcohol motifs (C(OH)–C–C–N with tert-alkyl or cyclic N) is 1. The van der Waals surface area contributed by atoms with E-state index in [4.69, 9.17) is 9.47 Å². The number of methoxy groups -OCH3 is 1. The fourth-order valence-corrected chi connectivity index (χ4v) is 2.30. The van der Waals surface area contributed by atoms with Gasteiger partial charge in [0.2, 0.25) is 0 Å². The molecule has 0 spiro atoms. The fraction of sp³-hybridized carbons (Fsp3) is 0.600. The first-order valence-electron chi connectivity index (χ1n) is 7.16. The molecule has 1 fully saturated rings. The number of ether oxygens (including phenoxy) is 2. The standard InChI is InChI=1S/C15H24N2O3/c1-19-14-3-5-15(6-4-14)20-12-13(18)11-17-9-2-7-16-8-10-17/h3-6,13,16,18H,2,7-12H2,1H3/t13-/m1/s1. The van der Waals surface area contributed by atoms with Crippen molar-refractivity contribution >= 4 is 0 Å². The molecule has 1 atom stereocenters. The molecule has 0 radical (unpaired) electrons. The zero-order valence-electron chi connectivity index (χ0n) is 12.0. The maximum atomic E-state index is 10.0. The van der Waals surface area contributed by atoms with E-state index in [-0.39, 0.29) is 0 Å². The predicted molar refractivity (Wildman–Crippen MR) is 78.4 cm³/mol. The first-order valence-corrected chi connectivity index (χ1v) is 7.16. The van der Waals surface area contributed by atoms with Gasteiger partial charge in [-0.2, -0.15) is 0 Å². The Bertz CT molecular complexity index is 375. The smallest absolute Gasteiger partial charge is 0.119 e. The van der Waals surface area contributed by atoms with Crippen LogP contribution in [-0.2, 0) is 0 Å². The molecule has 0 aliphatic carbocycles. The quantitative estimate of drug-likeness (QED) is 0.804. The first-order chi connectivity index (χ1) is 9.78. The topological polar surface area (TPSA) is 54.0 Å². The Hall–Kier alpha value is -1.30. The minimum absolute atomic E-state index is 0.316. The van der Waals surface area contributed by atoms with Crippen molar-refractivity contribution in [1.29, 1.82) is 0 Å². The number of aliphatic hydroxyl groups excluding tert-OH is 1. The molecule has 1 aromatic rings. The summed E-state index contributed by atoms with van der Waals surface area (Å²) in [6, 6.07) is 7.40. The molecule has 0 bridgehead atoms. The van der Waals surface area contributed by atoms with E-state index in [2.05, 4.69) is 10.2 Å². The van der Waals surface area contributed by atoms with Gasteiger partial charge in [-0.3, -0.25) is 4.90 Å². The van der Waals surface area contributed by atoms with E-state index in [9.17, 15) is 5.11 Å². The Morgan fingerprint density at radius 1 is 1.20 bits per heavy atom. The van der Waals surface area contributed by atoms with Crippen molar-refractivity contribution in [3.8, 4) is 11.5 Å². The van der Waals surface area contributed by atoms with Gasteiger partial charge in [0.15, 0.2) is 0 Å². The lowest BCUT2D eigenvalue weighted by Crippen LogP contribution is -2.37. The molecule has 1 aliphatic rings. The summed E-state index contributed by atoms with van der Waals surface area (Å²) in [7, 11) is 1.63. The lowest BCUT2D eigenvalue weighted by atomic mass is 10.3. The summed E-state index contributed by atoms with van der Waals surface area (Å²) in [6.07, 6.45) is 0.668. The molecule has 112 valence electrons. The third kappa shape index (κ3) is 5.00. The highest BCUT2D eigenvalue weighted by molar-refractivity contribution is 5.31. The van der Waals surface area contributed by atoms with Gasteiger partial charge in [0, 0.05) is 19.6 Å². The average molecular weight is 280 g/mol. The number of nitrogens with zero attached hydrogens (tertiary/aromatic N) is 1. The van der Waals surface area contributed by atoms with Gasteiger partial charge >= 0.3 is 0 Å². The normalized spacial score (nSPS) is 18.3. The summed E-state index contributed by atoms with van der Waals surface area (Å²) < 4.78 is 10.7. The van der Waals surface area contributed by atoms with Crippen LogP contribution in [0.5, 0.6) is 11.5 Å². The molecule has 1 saturated heterocycles. The second kappa shape index (κ2) is 8.09. The molecule has 0 unspecified atom stereocenters. The zero-order valence-corrected chi connectivity index (χ0v) is 12.0. The molecule has 2 rings (SSSR count). The van der Waals surface area contributed by atoms with Crippen molar-refractivity contribution in [1.82, 2.24) is 10.2 Å². The number of rotatable bonds is 6. The van der Waals surface area contributed by atoms with Crippen molar-refractivity contribution in [3.05, 3.63) is 24.3 Å². The fourth-order valence-electron chi connectivity index (χ4n) is 2.30. The Balaban J connectivity index is 1.71. The van der Waals surface area contributed by atoms with Gasteiger partial charge in [-0.1, -0.05) is 0 Å². The van der Waals surface area contributed by atoms with Gasteiger partial charge < -0.3 is 19.9 Å². The van der Waals surface area contributed by atoms with Crippen LogP contribution in [0.15, 0.2) is 24.3 Å². The summed E-state index contributed by atoms with van der Waals surface area (Å²) in [4.78, 5) is 2.28. The van der Waals surface area contributed by atoms with Crippen LogP contribution in [0.4, 0.5) is 0 Å². The molecule has 0 aromatic heterocycles. The van der Waals surface area contributed by atoms with Crippen LogP contribution >= 0.6 is 0 Å². The third-order valence-electron chi connectivity index (χ3n) is 3.40. The summed E-state index contributed by atoms with van der Waals surface area (Å²) >= 11 is 0. The largest absolute Gasteiger partial charge is 0.497 e. The Kier molecular flexibility index (Phi) is 6.11. The van der Waals surface area contributed by atoms with Crippen molar-refractivity contribution in [2.75, 3.05) is 46.4 Å². The number of nitrogens with one attached hydrogen (secondary N) is 1. The number of benzene rings is 1. The van der Waals surface area contributed by atoms with Crippen LogP contribution in [0, 0.1) is 0 Å². The van der Waals surface area contributed by atoms with E-state index in [1.165, 1.54) is 0 Å². The molecular formula is C15H24N2O3. The second-order valence-corrected chi connectivity index (χ2v) is 5.04. The number of hydrogen-bond acceptors (Lipinski definition) is 5. The van der Waals surface area contributed by atoms with E-state index < -0.39 is 6.10 Å². The van der Waals surface area contributed by atoms with Gasteiger partial charge in [-0.05, 0) is 43.8 Å². The summed E-state index contributed by atoms with van der Waals surface area (Å²) in [5.74, 6) is 1.55. The summed E-state index contributed by atoms with van der Waals surface area (Å²) in [5, 5.41) is 13.4. The van der Waals surface area contributed by atoms with Gasteiger partial charge in [0.25, 0.3) is 0 Å². The zero-order chi connectivity index (χ0) is 14.2. The maximum Gasteiger partial charge on any atom is 0.119 e. The molecule has 5 nitrogen and oxygen atoms in total. The average Bonchev–Trinajstić information content (AvgIpc) is 2.74. The lowest BCUT2D eigenvalue weighted by Gasteiger charge is -2.22. The van der Waals surface area contributed by atoms with E-state index >= 15 is 0 Å². The molecule has 0 amide bonds. The minimum Gasteiger partial charge on any atom is -0.497 e. The SMILES string of the molecule is COc1ccc(OC[C@H](O)CN2CCCNCC2)cc1. The van der Waals surface area contributed by atoms with Crippen LogP contribution < -0.4 is 14.8 Å². The van der Waals surface area contributed by atoms with Gasteiger partial charge in [0.05, 0.1) is 7.11 Å². The number of aliphatic hydroxyl groups is 1. The Labute approximate surface area is 120 Å². The van der Waals surface area contributed by atoms with Crippen LogP contribution in [-0.4, -0.2) is 62.6 Å². The highest BCUT2D eigenvalue weighted by Crippen LogP contribution is 2.17. The molecule has 20 heavy (non-hydrogen) atoms. The van der Waals surface area contributed by atoms with E-state index in [1.807, 2.05) is 24.3 Å². The van der Waals surface area contributed by atoms with Crippen molar-refractivity contribution in [2.24, 2.45) is 0 Å². The van der Waals surface area contributed by atoms with Crippen molar-refractivity contribution < 1.29 is 14.6 Å². The highest BCUT2D eigenvalue weighted by atomic mass is 16.5. The second-order valence-electron chi connectivity index (χ2n) is 5.04. The van der Waals surface area contributed by atoms with Gasteiger partial charge in [-0.15, -0.1) is 0 Å². The Morgan fingerprint density at radius 2 is 1.95 bits per heavy atom. The van der Waals surface area contributed by atoms with Crippen molar-refractivity contribution in [3.63, 3.8) is 0 Å². The third-order valence-corrected chi connectivity index (χ3v) is 3.40. The summed E-state index contributed by atoms with van der Waals surface area (Å²) in [6.45, 7) is 5.06. The van der Waals surface area contributed by atoms with Gasteiger partial charge in [0.1, 0.15) is 24.2 Å². The first kappa shape index (κ1) is 15.1. The molecular weight excluding hydrogens is 256 g/mol. The van der Waals surface area contributed by atoms with Crippen LogP contribution in [0.3, 0.4) is 0 Å². The van der Waals surface area contributed by atoms with E-state index in [1.54, 1.807) is 7.11 Å². The molecule has 1 aliphatic heterocycles. The van der Waals surface area contributed by atoms with E-state index in [0.29, 0.717) is 13.2 Å². The minimum atomic E-state index is -0.463. The molecule has 5 heteroatoms.